The lowest BCUT2D eigenvalue weighted by Gasteiger charge is -2.17. The third-order valence-electron chi connectivity index (χ3n) is 6.48. The molecule has 0 saturated carbocycles. The average Bonchev–Trinajstić information content (AvgIpc) is 2.93. The molecule has 0 aromatic heterocycles. The number of aliphatic carboxylic acids is 1. The Morgan fingerprint density at radius 1 is 0.795 bits per heavy atom. The molecule has 0 fully saturated rings. The van der Waals surface area contributed by atoms with Gasteiger partial charge in [-0.05, 0) is 78.8 Å². The molecule has 200 valence electrons. The normalized spacial score (nSPS) is 13.8. The summed E-state index contributed by atoms with van der Waals surface area (Å²) in [5.41, 5.74) is 3.83. The SMILES string of the molecule is O=C(/C=C(\C(=O)c1ccc(C(=O)NC[C@@H](O)C(=O)O)cc1)c1ccc2c(c1)CCCC2)c1cc(Cl)cc(Cl)c1. The van der Waals surface area contributed by atoms with E-state index in [1.807, 2.05) is 18.2 Å². The zero-order chi connectivity index (χ0) is 28.1. The summed E-state index contributed by atoms with van der Waals surface area (Å²) in [5, 5.41) is 21.0. The van der Waals surface area contributed by atoms with Crippen LogP contribution in [0.5, 0.6) is 0 Å². The minimum Gasteiger partial charge on any atom is -0.479 e. The van der Waals surface area contributed by atoms with Crippen LogP contribution in [0.3, 0.4) is 0 Å². The van der Waals surface area contributed by atoms with Gasteiger partial charge in [0.25, 0.3) is 5.91 Å². The van der Waals surface area contributed by atoms with Gasteiger partial charge < -0.3 is 15.5 Å². The molecule has 1 amide bonds. The van der Waals surface area contributed by atoms with E-state index in [1.165, 1.54) is 54.1 Å². The highest BCUT2D eigenvalue weighted by molar-refractivity contribution is 6.36. The molecule has 0 heterocycles. The third kappa shape index (κ3) is 7.00. The van der Waals surface area contributed by atoms with Crippen LogP contribution in [0, 0.1) is 0 Å². The second-order valence-electron chi connectivity index (χ2n) is 9.24. The first-order valence-corrected chi connectivity index (χ1v) is 13.1. The number of carboxylic acids is 1. The maximum Gasteiger partial charge on any atom is 0.334 e. The molecule has 0 spiro atoms. The fourth-order valence-corrected chi connectivity index (χ4v) is 4.92. The minimum absolute atomic E-state index is 0.174. The van der Waals surface area contributed by atoms with Gasteiger partial charge in [-0.3, -0.25) is 14.4 Å². The summed E-state index contributed by atoms with van der Waals surface area (Å²) in [7, 11) is 0. The molecule has 1 aliphatic carbocycles. The number of halogens is 2. The number of amides is 1. The molecular formula is C30H25Cl2NO6. The van der Waals surface area contributed by atoms with Crippen molar-refractivity contribution >= 4 is 52.2 Å². The lowest BCUT2D eigenvalue weighted by Crippen LogP contribution is -2.36. The fraction of sp³-hybridized carbons (Fsp3) is 0.200. The standard InChI is InChI=1S/C30H25Cl2NO6/c31-23-12-22(13-24(32)14-23)26(34)15-25(21-10-5-17-3-1-2-4-20(17)11-21)28(36)18-6-8-19(9-7-18)29(37)33-16-27(35)30(38)39/h5-15,27,35H,1-4,16H2,(H,33,37)(H,38,39)/b25-15-/t27-/m1/s1. The average molecular weight is 566 g/mol. The van der Waals surface area contributed by atoms with Crippen LogP contribution < -0.4 is 5.32 Å². The number of carbonyl (C=O) groups is 4. The molecule has 1 atom stereocenters. The van der Waals surface area contributed by atoms with Crippen molar-refractivity contribution in [2.75, 3.05) is 6.54 Å². The number of ketones is 2. The van der Waals surface area contributed by atoms with Gasteiger partial charge in [-0.1, -0.05) is 53.5 Å². The Kier molecular flexibility index (Phi) is 8.97. The van der Waals surface area contributed by atoms with E-state index in [0.717, 1.165) is 31.2 Å². The molecule has 9 heteroatoms. The predicted octanol–water partition coefficient (Wildman–Crippen LogP) is 5.20. The maximum atomic E-state index is 13.7. The van der Waals surface area contributed by atoms with Gasteiger partial charge in [-0.15, -0.1) is 0 Å². The van der Waals surface area contributed by atoms with Gasteiger partial charge in [0.1, 0.15) is 0 Å². The van der Waals surface area contributed by atoms with Crippen LogP contribution in [0.25, 0.3) is 5.57 Å². The predicted molar refractivity (Wildman–Crippen MR) is 149 cm³/mol. The number of Topliss-reactive ketones (excluding diaryl/α,β-unsaturated/α-hetero) is 1. The highest BCUT2D eigenvalue weighted by Crippen LogP contribution is 2.28. The van der Waals surface area contributed by atoms with Crippen LogP contribution in [0.4, 0.5) is 0 Å². The third-order valence-corrected chi connectivity index (χ3v) is 6.91. The smallest absolute Gasteiger partial charge is 0.334 e. The van der Waals surface area contributed by atoms with Gasteiger partial charge in [0, 0.05) is 32.3 Å². The summed E-state index contributed by atoms with van der Waals surface area (Å²) in [4.78, 5) is 50.0. The van der Waals surface area contributed by atoms with Gasteiger partial charge in [-0.2, -0.15) is 0 Å². The molecule has 0 bridgehead atoms. The molecule has 1 aliphatic rings. The van der Waals surface area contributed by atoms with Crippen molar-refractivity contribution in [2.24, 2.45) is 0 Å². The van der Waals surface area contributed by atoms with Crippen molar-refractivity contribution in [2.45, 2.75) is 31.8 Å². The highest BCUT2D eigenvalue weighted by atomic mass is 35.5. The number of carbonyl (C=O) groups excluding carboxylic acids is 3. The lowest BCUT2D eigenvalue weighted by molar-refractivity contribution is -0.146. The van der Waals surface area contributed by atoms with E-state index in [9.17, 15) is 24.3 Å². The lowest BCUT2D eigenvalue weighted by atomic mass is 9.87. The molecule has 0 radical (unpaired) electrons. The first-order chi connectivity index (χ1) is 18.6. The maximum absolute atomic E-state index is 13.7. The molecular weight excluding hydrogens is 541 g/mol. The van der Waals surface area contributed by atoms with E-state index in [-0.39, 0.29) is 22.3 Å². The van der Waals surface area contributed by atoms with Crippen LogP contribution in [-0.2, 0) is 17.6 Å². The summed E-state index contributed by atoms with van der Waals surface area (Å²) < 4.78 is 0. The Morgan fingerprint density at radius 3 is 2.03 bits per heavy atom. The minimum atomic E-state index is -1.73. The van der Waals surface area contributed by atoms with Crippen LogP contribution in [0.15, 0.2) is 66.7 Å². The van der Waals surface area contributed by atoms with Crippen LogP contribution in [0.2, 0.25) is 10.0 Å². The van der Waals surface area contributed by atoms with Crippen molar-refractivity contribution in [3.63, 3.8) is 0 Å². The summed E-state index contributed by atoms with van der Waals surface area (Å²) in [6.07, 6.45) is 3.57. The molecule has 7 nitrogen and oxygen atoms in total. The van der Waals surface area contributed by atoms with Gasteiger partial charge in [-0.25, -0.2) is 4.79 Å². The van der Waals surface area contributed by atoms with Crippen molar-refractivity contribution in [1.29, 1.82) is 0 Å². The largest absolute Gasteiger partial charge is 0.479 e. The van der Waals surface area contributed by atoms with Crippen molar-refractivity contribution in [1.82, 2.24) is 5.32 Å². The number of nitrogens with one attached hydrogen (secondary N) is 1. The van der Waals surface area contributed by atoms with Gasteiger partial charge in [0.2, 0.25) is 0 Å². The Morgan fingerprint density at radius 2 is 1.38 bits per heavy atom. The Bertz CT molecular complexity index is 1460. The molecule has 39 heavy (non-hydrogen) atoms. The second-order valence-corrected chi connectivity index (χ2v) is 10.1. The number of fused-ring (bicyclic) bond motifs is 1. The van der Waals surface area contributed by atoms with Crippen molar-refractivity contribution in [3.05, 3.63) is 110 Å². The molecule has 0 saturated heterocycles. The first kappa shape index (κ1) is 28.2. The molecule has 3 N–H and O–H groups in total. The number of carboxylic acid groups (broad SMARTS) is 1. The number of aliphatic hydroxyl groups excluding tert-OH is 1. The summed E-state index contributed by atoms with van der Waals surface area (Å²) in [5.74, 6) is -2.91. The van der Waals surface area contributed by atoms with Gasteiger partial charge in [0.05, 0.1) is 6.54 Å². The van der Waals surface area contributed by atoms with E-state index in [2.05, 4.69) is 5.32 Å². The summed E-state index contributed by atoms with van der Waals surface area (Å²) in [6.45, 7) is -0.463. The quantitative estimate of drug-likeness (QED) is 0.242. The van der Waals surface area contributed by atoms with Crippen LogP contribution in [-0.4, -0.2) is 46.3 Å². The van der Waals surface area contributed by atoms with Gasteiger partial charge in [0.15, 0.2) is 17.7 Å². The summed E-state index contributed by atoms with van der Waals surface area (Å²) >= 11 is 12.2. The zero-order valence-electron chi connectivity index (χ0n) is 20.7. The molecule has 0 unspecified atom stereocenters. The van der Waals surface area contributed by atoms with E-state index in [1.54, 1.807) is 0 Å². The zero-order valence-corrected chi connectivity index (χ0v) is 22.3. The Labute approximate surface area is 235 Å². The van der Waals surface area contributed by atoms with E-state index in [0.29, 0.717) is 15.6 Å². The first-order valence-electron chi connectivity index (χ1n) is 12.3. The number of hydrogen-bond acceptors (Lipinski definition) is 5. The molecule has 3 aromatic carbocycles. The van der Waals surface area contributed by atoms with E-state index in [4.69, 9.17) is 28.3 Å². The molecule has 3 aromatic rings. The number of aryl methyl sites for hydroxylation is 2. The number of allylic oxidation sites excluding steroid dienone is 2. The fourth-order valence-electron chi connectivity index (χ4n) is 4.40. The number of aliphatic hydroxyl groups is 1. The molecule has 4 rings (SSSR count). The monoisotopic (exact) mass is 565 g/mol. The topological polar surface area (TPSA) is 121 Å². The summed E-state index contributed by atoms with van der Waals surface area (Å²) in [6, 6.07) is 16.0. The highest BCUT2D eigenvalue weighted by Gasteiger charge is 2.21. The van der Waals surface area contributed by atoms with Crippen molar-refractivity contribution in [3.8, 4) is 0 Å². The number of hydrogen-bond donors (Lipinski definition) is 3. The number of benzene rings is 3. The van der Waals surface area contributed by atoms with Crippen molar-refractivity contribution < 1.29 is 29.4 Å². The second kappa shape index (κ2) is 12.4. The Hall–Kier alpha value is -3.78. The van der Waals surface area contributed by atoms with Crippen LogP contribution >= 0.6 is 23.2 Å². The van der Waals surface area contributed by atoms with Crippen LogP contribution in [0.1, 0.15) is 60.6 Å². The number of rotatable bonds is 9. The Balaban J connectivity index is 1.66. The van der Waals surface area contributed by atoms with E-state index >= 15 is 0 Å². The molecule has 0 aliphatic heterocycles. The van der Waals surface area contributed by atoms with E-state index < -0.39 is 36.1 Å². The van der Waals surface area contributed by atoms with Gasteiger partial charge >= 0.3 is 5.97 Å².